The first-order chi connectivity index (χ1) is 11.5. The number of ether oxygens (including phenoxy) is 2. The second-order valence-electron chi connectivity index (χ2n) is 5.61. The van der Waals surface area contributed by atoms with Crippen molar-refractivity contribution >= 4 is 21.9 Å². The standard InChI is InChI=1S/C19H21BrO4/c1-13-3-4-14(2)18(11-13)24-10-9-23-17-7-6-16(20)12-15(17)5-8-19(21)22/h3-4,6-7,11-12H,5,8-10H2,1-2H3,(H,21,22). The van der Waals surface area contributed by atoms with E-state index in [0.29, 0.717) is 25.4 Å². The molecule has 0 bridgehead atoms. The number of aliphatic carboxylic acids is 1. The number of halogens is 1. The van der Waals surface area contributed by atoms with Crippen LogP contribution in [-0.2, 0) is 11.2 Å². The van der Waals surface area contributed by atoms with E-state index in [2.05, 4.69) is 22.0 Å². The molecule has 0 aromatic heterocycles. The van der Waals surface area contributed by atoms with Crippen LogP contribution in [-0.4, -0.2) is 24.3 Å². The van der Waals surface area contributed by atoms with Crippen molar-refractivity contribution in [2.24, 2.45) is 0 Å². The number of rotatable bonds is 8. The molecule has 5 heteroatoms. The lowest BCUT2D eigenvalue weighted by Gasteiger charge is -2.13. The molecule has 4 nitrogen and oxygen atoms in total. The number of hydrogen-bond acceptors (Lipinski definition) is 3. The molecule has 0 saturated heterocycles. The highest BCUT2D eigenvalue weighted by Crippen LogP contribution is 2.25. The van der Waals surface area contributed by atoms with E-state index in [-0.39, 0.29) is 6.42 Å². The zero-order chi connectivity index (χ0) is 17.5. The van der Waals surface area contributed by atoms with Gasteiger partial charge in [0.1, 0.15) is 24.7 Å². The first-order valence-electron chi connectivity index (χ1n) is 7.79. The summed E-state index contributed by atoms with van der Waals surface area (Å²) in [6, 6.07) is 11.7. The predicted octanol–water partition coefficient (Wildman–Crippen LogP) is 4.54. The van der Waals surface area contributed by atoms with Crippen molar-refractivity contribution < 1.29 is 19.4 Å². The minimum Gasteiger partial charge on any atom is -0.490 e. The lowest BCUT2D eigenvalue weighted by molar-refractivity contribution is -0.136. The smallest absolute Gasteiger partial charge is 0.303 e. The Morgan fingerprint density at radius 1 is 1.04 bits per heavy atom. The Balaban J connectivity index is 1.91. The fraction of sp³-hybridized carbons (Fsp3) is 0.316. The van der Waals surface area contributed by atoms with Crippen LogP contribution in [0.4, 0.5) is 0 Å². The molecular formula is C19H21BrO4. The summed E-state index contributed by atoms with van der Waals surface area (Å²) < 4.78 is 12.5. The number of hydrogen-bond donors (Lipinski definition) is 1. The monoisotopic (exact) mass is 392 g/mol. The van der Waals surface area contributed by atoms with Crippen LogP contribution in [0.2, 0.25) is 0 Å². The summed E-state index contributed by atoms with van der Waals surface area (Å²) in [5.74, 6) is 0.740. The van der Waals surface area contributed by atoms with Crippen molar-refractivity contribution in [1.29, 1.82) is 0 Å². The van der Waals surface area contributed by atoms with Crippen LogP contribution in [0.25, 0.3) is 0 Å². The van der Waals surface area contributed by atoms with Crippen molar-refractivity contribution in [3.05, 3.63) is 57.6 Å². The fourth-order valence-electron chi connectivity index (χ4n) is 2.29. The normalized spacial score (nSPS) is 10.5. The molecule has 128 valence electrons. The van der Waals surface area contributed by atoms with E-state index < -0.39 is 5.97 Å². The molecule has 0 atom stereocenters. The van der Waals surface area contributed by atoms with Gasteiger partial charge in [-0.3, -0.25) is 4.79 Å². The van der Waals surface area contributed by atoms with E-state index in [0.717, 1.165) is 26.9 Å². The van der Waals surface area contributed by atoms with E-state index in [1.807, 2.05) is 44.2 Å². The van der Waals surface area contributed by atoms with Crippen LogP contribution < -0.4 is 9.47 Å². The summed E-state index contributed by atoms with van der Waals surface area (Å²) in [5, 5.41) is 8.85. The number of carboxylic acid groups (broad SMARTS) is 1. The molecule has 2 aromatic carbocycles. The summed E-state index contributed by atoms with van der Waals surface area (Å²) >= 11 is 3.40. The fourth-order valence-corrected chi connectivity index (χ4v) is 2.70. The summed E-state index contributed by atoms with van der Waals surface area (Å²) in [6.45, 7) is 4.86. The molecule has 0 aliphatic heterocycles. The van der Waals surface area contributed by atoms with E-state index in [1.165, 1.54) is 0 Å². The third-order valence-corrected chi connectivity index (χ3v) is 4.07. The van der Waals surface area contributed by atoms with E-state index in [9.17, 15) is 4.79 Å². The lowest BCUT2D eigenvalue weighted by atomic mass is 10.1. The SMILES string of the molecule is Cc1ccc(C)c(OCCOc2ccc(Br)cc2CCC(=O)O)c1. The zero-order valence-corrected chi connectivity index (χ0v) is 15.4. The molecular weight excluding hydrogens is 372 g/mol. The topological polar surface area (TPSA) is 55.8 Å². The Morgan fingerprint density at radius 3 is 2.46 bits per heavy atom. The average Bonchev–Trinajstić information content (AvgIpc) is 2.54. The molecule has 2 aromatic rings. The molecule has 0 unspecified atom stereocenters. The van der Waals surface area contributed by atoms with Gasteiger partial charge in [0.15, 0.2) is 0 Å². The summed E-state index contributed by atoms with van der Waals surface area (Å²) in [4.78, 5) is 10.8. The maximum Gasteiger partial charge on any atom is 0.303 e. The minimum absolute atomic E-state index is 0.0752. The molecule has 0 amide bonds. The molecule has 0 aliphatic rings. The van der Waals surface area contributed by atoms with Crippen LogP contribution in [0.3, 0.4) is 0 Å². The first kappa shape index (κ1) is 18.3. The summed E-state index contributed by atoms with van der Waals surface area (Å²) in [6.07, 6.45) is 0.508. The van der Waals surface area contributed by atoms with Crippen molar-refractivity contribution in [2.75, 3.05) is 13.2 Å². The highest BCUT2D eigenvalue weighted by molar-refractivity contribution is 9.10. The van der Waals surface area contributed by atoms with Crippen molar-refractivity contribution in [2.45, 2.75) is 26.7 Å². The molecule has 0 spiro atoms. The van der Waals surface area contributed by atoms with Gasteiger partial charge in [0.05, 0.1) is 0 Å². The number of benzene rings is 2. The second kappa shape index (κ2) is 8.73. The number of carbonyl (C=O) groups is 1. The Morgan fingerprint density at radius 2 is 1.75 bits per heavy atom. The van der Waals surface area contributed by atoms with Crippen LogP contribution in [0.15, 0.2) is 40.9 Å². The van der Waals surface area contributed by atoms with Gasteiger partial charge in [0.25, 0.3) is 0 Å². The maximum absolute atomic E-state index is 10.8. The largest absolute Gasteiger partial charge is 0.490 e. The van der Waals surface area contributed by atoms with E-state index >= 15 is 0 Å². The molecule has 0 fully saturated rings. The molecule has 0 heterocycles. The van der Waals surface area contributed by atoms with Crippen LogP contribution in [0.5, 0.6) is 11.5 Å². The highest BCUT2D eigenvalue weighted by atomic mass is 79.9. The number of carboxylic acids is 1. The number of aryl methyl sites for hydroxylation is 3. The van der Waals surface area contributed by atoms with Crippen molar-refractivity contribution in [1.82, 2.24) is 0 Å². The van der Waals surface area contributed by atoms with Gasteiger partial charge in [-0.25, -0.2) is 0 Å². The molecule has 0 radical (unpaired) electrons. The quantitative estimate of drug-likeness (QED) is 0.669. The predicted molar refractivity (Wildman–Crippen MR) is 97.0 cm³/mol. The van der Waals surface area contributed by atoms with Gasteiger partial charge >= 0.3 is 5.97 Å². The van der Waals surface area contributed by atoms with Crippen LogP contribution >= 0.6 is 15.9 Å². The Labute approximate surface area is 150 Å². The highest BCUT2D eigenvalue weighted by Gasteiger charge is 2.08. The second-order valence-corrected chi connectivity index (χ2v) is 6.53. The van der Waals surface area contributed by atoms with Gasteiger partial charge in [-0.05, 0) is 61.2 Å². The third kappa shape index (κ3) is 5.57. The Hall–Kier alpha value is -2.01. The van der Waals surface area contributed by atoms with Gasteiger partial charge in [-0.2, -0.15) is 0 Å². The average molecular weight is 393 g/mol. The summed E-state index contributed by atoms with van der Waals surface area (Å²) in [7, 11) is 0. The van der Waals surface area contributed by atoms with Gasteiger partial charge in [0.2, 0.25) is 0 Å². The molecule has 24 heavy (non-hydrogen) atoms. The molecule has 1 N–H and O–H groups in total. The molecule has 0 aliphatic carbocycles. The van der Waals surface area contributed by atoms with Crippen molar-refractivity contribution in [3.63, 3.8) is 0 Å². The van der Waals surface area contributed by atoms with E-state index in [4.69, 9.17) is 14.6 Å². The molecule has 2 rings (SSSR count). The first-order valence-corrected chi connectivity index (χ1v) is 8.58. The van der Waals surface area contributed by atoms with Gasteiger partial charge < -0.3 is 14.6 Å². The Bertz CT molecular complexity index is 713. The van der Waals surface area contributed by atoms with Gasteiger partial charge in [0, 0.05) is 10.9 Å². The molecule has 0 saturated carbocycles. The maximum atomic E-state index is 10.8. The minimum atomic E-state index is -0.820. The Kier molecular flexibility index (Phi) is 6.67. The van der Waals surface area contributed by atoms with E-state index in [1.54, 1.807) is 0 Å². The zero-order valence-electron chi connectivity index (χ0n) is 13.8. The third-order valence-electron chi connectivity index (χ3n) is 3.57. The van der Waals surface area contributed by atoms with Gasteiger partial charge in [-0.15, -0.1) is 0 Å². The van der Waals surface area contributed by atoms with Gasteiger partial charge in [-0.1, -0.05) is 28.1 Å². The van der Waals surface area contributed by atoms with Crippen LogP contribution in [0.1, 0.15) is 23.1 Å². The lowest BCUT2D eigenvalue weighted by Crippen LogP contribution is -2.11. The van der Waals surface area contributed by atoms with Crippen molar-refractivity contribution in [3.8, 4) is 11.5 Å². The summed E-state index contributed by atoms with van der Waals surface area (Å²) in [5.41, 5.74) is 3.12. The van der Waals surface area contributed by atoms with Crippen LogP contribution in [0, 0.1) is 13.8 Å².